The van der Waals surface area contributed by atoms with Gasteiger partial charge in [0.2, 0.25) is 0 Å². The van der Waals surface area contributed by atoms with E-state index in [9.17, 15) is 4.39 Å². The first-order valence-electron chi connectivity index (χ1n) is 12.8. The molecule has 0 N–H and O–H groups in total. The van der Waals surface area contributed by atoms with Crippen molar-refractivity contribution in [2.75, 3.05) is 0 Å². The van der Waals surface area contributed by atoms with Crippen LogP contribution in [0.4, 0.5) is 4.39 Å². The molecule has 0 radical (unpaired) electrons. The molecule has 1 saturated carbocycles. The molecular formula is C28H41FN2. The van der Waals surface area contributed by atoms with Gasteiger partial charge in [0.15, 0.2) is 5.82 Å². The van der Waals surface area contributed by atoms with Crippen molar-refractivity contribution in [3.05, 3.63) is 47.5 Å². The van der Waals surface area contributed by atoms with Crippen molar-refractivity contribution in [2.24, 2.45) is 5.92 Å². The van der Waals surface area contributed by atoms with Gasteiger partial charge in [0.25, 0.3) is 0 Å². The summed E-state index contributed by atoms with van der Waals surface area (Å²) in [6, 6.07) is 5.50. The van der Waals surface area contributed by atoms with Gasteiger partial charge in [-0.25, -0.2) is 14.4 Å². The van der Waals surface area contributed by atoms with Crippen molar-refractivity contribution >= 4 is 0 Å². The highest BCUT2D eigenvalue weighted by molar-refractivity contribution is 5.55. The van der Waals surface area contributed by atoms with E-state index < -0.39 is 0 Å². The van der Waals surface area contributed by atoms with E-state index in [1.807, 2.05) is 24.5 Å². The molecule has 0 bridgehead atoms. The molecule has 170 valence electrons. The predicted molar refractivity (Wildman–Crippen MR) is 129 cm³/mol. The molecular weight excluding hydrogens is 383 g/mol. The van der Waals surface area contributed by atoms with Crippen LogP contribution in [0.15, 0.2) is 30.6 Å². The Morgan fingerprint density at radius 2 is 1.52 bits per heavy atom. The molecule has 0 spiro atoms. The quantitative estimate of drug-likeness (QED) is 0.319. The smallest absolute Gasteiger partial charge is 0.159 e. The van der Waals surface area contributed by atoms with Crippen LogP contribution in [-0.4, -0.2) is 9.97 Å². The highest BCUT2D eigenvalue weighted by Gasteiger charge is 2.22. The van der Waals surface area contributed by atoms with E-state index in [-0.39, 0.29) is 5.82 Å². The lowest BCUT2D eigenvalue weighted by Gasteiger charge is -2.28. The first-order chi connectivity index (χ1) is 15.2. The minimum Gasteiger partial charge on any atom is -0.236 e. The number of nitrogens with zero attached hydrogens (tertiary/aromatic N) is 2. The van der Waals surface area contributed by atoms with Gasteiger partial charge in [-0.2, -0.15) is 0 Å². The number of aromatic nitrogens is 2. The summed E-state index contributed by atoms with van der Waals surface area (Å²) in [5.74, 6) is 2.01. The van der Waals surface area contributed by atoms with Crippen LogP contribution in [0.1, 0.15) is 114 Å². The van der Waals surface area contributed by atoms with Gasteiger partial charge in [0, 0.05) is 18.0 Å². The summed E-state index contributed by atoms with van der Waals surface area (Å²) in [5.41, 5.74) is 2.84. The molecule has 1 aromatic heterocycles. The molecule has 0 aliphatic heterocycles. The SMILES string of the molecule is CCCCCCCc1ccc(-c2ncc([C@H]3CC[C@H](CCCCC)CC3)cn2)cc1F. The molecule has 1 aliphatic carbocycles. The third-order valence-electron chi connectivity index (χ3n) is 7.07. The van der Waals surface area contributed by atoms with Crippen LogP contribution in [0, 0.1) is 11.7 Å². The van der Waals surface area contributed by atoms with Crippen LogP contribution >= 0.6 is 0 Å². The summed E-state index contributed by atoms with van der Waals surface area (Å²) in [6.45, 7) is 4.49. The van der Waals surface area contributed by atoms with Gasteiger partial charge in [0.05, 0.1) is 0 Å². The third kappa shape index (κ3) is 7.40. The maximum Gasteiger partial charge on any atom is 0.159 e. The molecule has 2 aromatic rings. The van der Waals surface area contributed by atoms with Crippen LogP contribution in [0.2, 0.25) is 0 Å². The first kappa shape index (κ1) is 23.9. The lowest BCUT2D eigenvalue weighted by atomic mass is 9.77. The van der Waals surface area contributed by atoms with E-state index in [4.69, 9.17) is 0 Å². The average Bonchev–Trinajstić information content (AvgIpc) is 2.80. The fourth-order valence-corrected chi connectivity index (χ4v) is 4.97. The summed E-state index contributed by atoms with van der Waals surface area (Å²) in [6.07, 6.45) is 21.4. The second kappa shape index (κ2) is 12.9. The van der Waals surface area contributed by atoms with E-state index in [2.05, 4.69) is 23.8 Å². The standard InChI is InChI=1S/C28H41FN2/c1-3-5-7-8-10-12-24-17-18-25(19-27(24)29)28-30-20-26(21-31-28)23-15-13-22(14-16-23)11-9-6-4-2/h17-23H,3-16H2,1-2H3/t22-,23-. The Balaban J connectivity index is 1.51. The number of aryl methyl sites for hydroxylation is 1. The lowest BCUT2D eigenvalue weighted by molar-refractivity contribution is 0.302. The lowest BCUT2D eigenvalue weighted by Crippen LogP contribution is -2.14. The zero-order chi connectivity index (χ0) is 21.9. The summed E-state index contributed by atoms with van der Waals surface area (Å²) in [4.78, 5) is 9.19. The number of rotatable bonds is 12. The highest BCUT2D eigenvalue weighted by atomic mass is 19.1. The van der Waals surface area contributed by atoms with Gasteiger partial charge in [-0.05, 0) is 67.6 Å². The second-order valence-electron chi connectivity index (χ2n) is 9.52. The average molecular weight is 425 g/mol. The number of unbranched alkanes of at least 4 members (excludes halogenated alkanes) is 6. The molecule has 0 atom stereocenters. The van der Waals surface area contributed by atoms with Crippen molar-refractivity contribution in [1.29, 1.82) is 0 Å². The van der Waals surface area contributed by atoms with Crippen molar-refractivity contribution < 1.29 is 4.39 Å². The van der Waals surface area contributed by atoms with Gasteiger partial charge in [-0.3, -0.25) is 0 Å². The molecule has 0 saturated heterocycles. The minimum atomic E-state index is -0.123. The molecule has 31 heavy (non-hydrogen) atoms. The van der Waals surface area contributed by atoms with Crippen LogP contribution in [0.5, 0.6) is 0 Å². The zero-order valence-corrected chi connectivity index (χ0v) is 19.7. The Morgan fingerprint density at radius 1 is 0.839 bits per heavy atom. The monoisotopic (exact) mass is 424 g/mol. The van der Waals surface area contributed by atoms with Gasteiger partial charge >= 0.3 is 0 Å². The van der Waals surface area contributed by atoms with Crippen molar-refractivity contribution in [2.45, 2.75) is 110 Å². The van der Waals surface area contributed by atoms with E-state index in [1.165, 1.54) is 82.6 Å². The molecule has 0 amide bonds. The van der Waals surface area contributed by atoms with Crippen molar-refractivity contribution in [1.82, 2.24) is 9.97 Å². The molecule has 0 unspecified atom stereocenters. The Morgan fingerprint density at radius 3 is 2.19 bits per heavy atom. The Kier molecular flexibility index (Phi) is 9.96. The molecule has 1 heterocycles. The van der Waals surface area contributed by atoms with Crippen molar-refractivity contribution in [3.8, 4) is 11.4 Å². The number of hydrogen-bond donors (Lipinski definition) is 0. The summed E-state index contributed by atoms with van der Waals surface area (Å²) in [7, 11) is 0. The maximum atomic E-state index is 14.6. The Hall–Kier alpha value is -1.77. The fraction of sp³-hybridized carbons (Fsp3) is 0.643. The zero-order valence-electron chi connectivity index (χ0n) is 19.7. The van der Waals surface area contributed by atoms with Crippen LogP contribution in [-0.2, 0) is 6.42 Å². The number of benzene rings is 1. The Bertz CT molecular complexity index is 763. The summed E-state index contributed by atoms with van der Waals surface area (Å²) < 4.78 is 14.6. The molecule has 1 aromatic carbocycles. The largest absolute Gasteiger partial charge is 0.236 e. The van der Waals surface area contributed by atoms with E-state index in [0.29, 0.717) is 11.7 Å². The molecule has 3 heteroatoms. The van der Waals surface area contributed by atoms with Gasteiger partial charge in [-0.1, -0.05) is 77.3 Å². The van der Waals surface area contributed by atoms with E-state index in [0.717, 1.165) is 29.9 Å². The Labute approximate surface area is 189 Å². The third-order valence-corrected chi connectivity index (χ3v) is 7.07. The second-order valence-corrected chi connectivity index (χ2v) is 9.52. The van der Waals surface area contributed by atoms with E-state index >= 15 is 0 Å². The first-order valence-corrected chi connectivity index (χ1v) is 12.8. The summed E-state index contributed by atoms with van der Waals surface area (Å²) >= 11 is 0. The number of halogens is 1. The highest BCUT2D eigenvalue weighted by Crippen LogP contribution is 2.37. The van der Waals surface area contributed by atoms with Crippen molar-refractivity contribution in [3.63, 3.8) is 0 Å². The van der Waals surface area contributed by atoms with Gasteiger partial charge < -0.3 is 0 Å². The predicted octanol–water partition coefficient (Wildman–Crippen LogP) is 8.65. The van der Waals surface area contributed by atoms with Crippen LogP contribution in [0.3, 0.4) is 0 Å². The summed E-state index contributed by atoms with van der Waals surface area (Å²) in [5, 5.41) is 0. The molecule has 1 aliphatic rings. The molecule has 2 nitrogen and oxygen atoms in total. The normalized spacial score (nSPS) is 18.9. The van der Waals surface area contributed by atoms with Gasteiger partial charge in [-0.15, -0.1) is 0 Å². The number of hydrogen-bond acceptors (Lipinski definition) is 2. The van der Waals surface area contributed by atoms with E-state index in [1.54, 1.807) is 6.07 Å². The molecule has 3 rings (SSSR count). The maximum absolute atomic E-state index is 14.6. The van der Waals surface area contributed by atoms with Gasteiger partial charge in [0.1, 0.15) is 5.82 Å². The van der Waals surface area contributed by atoms with Crippen LogP contribution in [0.25, 0.3) is 11.4 Å². The van der Waals surface area contributed by atoms with Crippen LogP contribution < -0.4 is 0 Å². The topological polar surface area (TPSA) is 25.8 Å². The molecule has 1 fully saturated rings. The minimum absolute atomic E-state index is 0.123. The fourth-order valence-electron chi connectivity index (χ4n) is 4.97.